The van der Waals surface area contributed by atoms with Crippen LogP contribution in [-0.2, 0) is 6.54 Å². The molecular formula is C15H20FN3. The van der Waals surface area contributed by atoms with Crippen molar-refractivity contribution in [2.24, 2.45) is 0 Å². The first-order chi connectivity index (χ1) is 9.17. The minimum Gasteiger partial charge on any atom is -0.308 e. The Balaban J connectivity index is 2.41. The van der Waals surface area contributed by atoms with Crippen LogP contribution in [0.25, 0.3) is 0 Å². The number of aryl methyl sites for hydroxylation is 2. The molecule has 4 heteroatoms. The van der Waals surface area contributed by atoms with Crippen LogP contribution in [0.5, 0.6) is 0 Å². The Morgan fingerprint density at radius 3 is 2.79 bits per heavy atom. The molecule has 0 bridgehead atoms. The molecule has 1 aromatic carbocycles. The Morgan fingerprint density at radius 1 is 1.37 bits per heavy atom. The molecule has 0 spiro atoms. The van der Waals surface area contributed by atoms with Crippen molar-refractivity contribution >= 4 is 0 Å². The predicted molar refractivity (Wildman–Crippen MR) is 74.6 cm³/mol. The van der Waals surface area contributed by atoms with Crippen molar-refractivity contribution in [3.05, 3.63) is 53.1 Å². The minimum atomic E-state index is -0.177. The highest BCUT2D eigenvalue weighted by Gasteiger charge is 2.19. The maximum atomic E-state index is 14.1. The van der Waals surface area contributed by atoms with Crippen molar-refractivity contribution in [2.45, 2.75) is 32.9 Å². The van der Waals surface area contributed by atoms with Gasteiger partial charge >= 0.3 is 0 Å². The quantitative estimate of drug-likeness (QED) is 0.896. The number of hydrogen-bond donors (Lipinski definition) is 1. The highest BCUT2D eigenvalue weighted by atomic mass is 19.1. The van der Waals surface area contributed by atoms with Gasteiger partial charge in [-0.15, -0.1) is 0 Å². The number of hydrogen-bond acceptors (Lipinski definition) is 2. The van der Waals surface area contributed by atoms with Gasteiger partial charge in [0.1, 0.15) is 5.82 Å². The summed E-state index contributed by atoms with van der Waals surface area (Å²) < 4.78 is 16.1. The molecule has 1 unspecified atom stereocenters. The van der Waals surface area contributed by atoms with Crippen LogP contribution < -0.4 is 5.32 Å². The summed E-state index contributed by atoms with van der Waals surface area (Å²) in [6.45, 7) is 4.84. The van der Waals surface area contributed by atoms with E-state index < -0.39 is 0 Å². The Kier molecular flexibility index (Phi) is 4.32. The van der Waals surface area contributed by atoms with Gasteiger partial charge in [-0.3, -0.25) is 4.68 Å². The summed E-state index contributed by atoms with van der Waals surface area (Å²) in [6, 6.07) is 7.11. The monoisotopic (exact) mass is 261 g/mol. The average molecular weight is 261 g/mol. The first-order valence-corrected chi connectivity index (χ1v) is 6.62. The molecule has 0 aliphatic carbocycles. The van der Waals surface area contributed by atoms with Crippen LogP contribution in [0.3, 0.4) is 0 Å². The van der Waals surface area contributed by atoms with Crippen LogP contribution in [0, 0.1) is 12.7 Å². The molecule has 102 valence electrons. The number of nitrogens with zero attached hydrogens (tertiary/aromatic N) is 2. The van der Waals surface area contributed by atoms with E-state index in [0.717, 1.165) is 24.2 Å². The molecule has 2 aromatic rings. The van der Waals surface area contributed by atoms with Gasteiger partial charge in [-0.2, -0.15) is 5.10 Å². The van der Waals surface area contributed by atoms with Crippen molar-refractivity contribution in [3.8, 4) is 0 Å². The van der Waals surface area contributed by atoms with Crippen LogP contribution in [-0.4, -0.2) is 16.8 Å². The SMILES string of the molecule is CCCn1nccc1C(NC)c1ccc(C)cc1F. The average Bonchev–Trinajstić information content (AvgIpc) is 2.82. The number of benzene rings is 1. The van der Waals surface area contributed by atoms with Gasteiger partial charge in [0.2, 0.25) is 0 Å². The number of aromatic nitrogens is 2. The van der Waals surface area contributed by atoms with Gasteiger partial charge in [0.15, 0.2) is 0 Å². The van der Waals surface area contributed by atoms with Crippen molar-refractivity contribution in [3.63, 3.8) is 0 Å². The summed E-state index contributed by atoms with van der Waals surface area (Å²) >= 11 is 0. The third-order valence-corrected chi connectivity index (χ3v) is 3.24. The Morgan fingerprint density at radius 2 is 2.16 bits per heavy atom. The van der Waals surface area contributed by atoms with Crippen LogP contribution in [0.15, 0.2) is 30.5 Å². The van der Waals surface area contributed by atoms with Crippen LogP contribution >= 0.6 is 0 Å². The smallest absolute Gasteiger partial charge is 0.128 e. The molecule has 1 heterocycles. The molecule has 0 saturated heterocycles. The second-order valence-corrected chi connectivity index (χ2v) is 4.73. The van der Waals surface area contributed by atoms with Gasteiger partial charge in [-0.1, -0.05) is 19.1 Å². The number of halogens is 1. The molecule has 0 aliphatic heterocycles. The molecule has 0 saturated carbocycles. The second-order valence-electron chi connectivity index (χ2n) is 4.73. The van der Waals surface area contributed by atoms with Crippen LogP contribution in [0.1, 0.15) is 36.2 Å². The summed E-state index contributed by atoms with van der Waals surface area (Å²) in [4.78, 5) is 0. The van der Waals surface area contributed by atoms with E-state index in [1.54, 1.807) is 12.3 Å². The minimum absolute atomic E-state index is 0.172. The van der Waals surface area contributed by atoms with E-state index in [9.17, 15) is 4.39 Å². The summed E-state index contributed by atoms with van der Waals surface area (Å²) in [5.41, 5.74) is 2.58. The molecule has 1 N–H and O–H groups in total. The van der Waals surface area contributed by atoms with E-state index in [0.29, 0.717) is 5.56 Å². The first-order valence-electron chi connectivity index (χ1n) is 6.62. The molecule has 0 radical (unpaired) electrons. The Bertz CT molecular complexity index is 548. The van der Waals surface area contributed by atoms with Gasteiger partial charge in [0.05, 0.1) is 11.7 Å². The van der Waals surface area contributed by atoms with Gasteiger partial charge in [-0.05, 0) is 38.1 Å². The lowest BCUT2D eigenvalue weighted by molar-refractivity contribution is 0.516. The van der Waals surface area contributed by atoms with Crippen LogP contribution in [0.2, 0.25) is 0 Å². The molecule has 0 amide bonds. The standard InChI is InChI=1S/C15H20FN3/c1-4-9-19-14(7-8-18-19)15(17-3)12-6-5-11(2)10-13(12)16/h5-8,10,15,17H,4,9H2,1-3H3. The van der Waals surface area contributed by atoms with E-state index in [1.165, 1.54) is 0 Å². The number of nitrogens with one attached hydrogen (secondary N) is 1. The Hall–Kier alpha value is -1.68. The lowest BCUT2D eigenvalue weighted by Gasteiger charge is -2.19. The van der Waals surface area contributed by atoms with Crippen molar-refractivity contribution in [1.29, 1.82) is 0 Å². The van der Waals surface area contributed by atoms with Crippen molar-refractivity contribution in [2.75, 3.05) is 7.05 Å². The summed E-state index contributed by atoms with van der Waals surface area (Å²) in [7, 11) is 1.84. The van der Waals surface area contributed by atoms with Crippen molar-refractivity contribution < 1.29 is 4.39 Å². The largest absolute Gasteiger partial charge is 0.308 e. The van der Waals surface area contributed by atoms with Crippen molar-refractivity contribution in [1.82, 2.24) is 15.1 Å². The van der Waals surface area contributed by atoms with E-state index >= 15 is 0 Å². The topological polar surface area (TPSA) is 29.9 Å². The Labute approximate surface area is 113 Å². The van der Waals surface area contributed by atoms with Gasteiger partial charge in [0, 0.05) is 18.3 Å². The van der Waals surface area contributed by atoms with Gasteiger partial charge in [0.25, 0.3) is 0 Å². The lowest BCUT2D eigenvalue weighted by Crippen LogP contribution is -2.22. The highest BCUT2D eigenvalue weighted by molar-refractivity contribution is 5.31. The van der Waals surface area contributed by atoms with E-state index in [1.807, 2.05) is 36.9 Å². The summed E-state index contributed by atoms with van der Waals surface area (Å²) in [5, 5.41) is 7.48. The molecule has 1 aromatic heterocycles. The number of rotatable bonds is 5. The molecule has 2 rings (SSSR count). The molecule has 0 aliphatic rings. The van der Waals surface area contributed by atoms with Gasteiger partial charge < -0.3 is 5.32 Å². The second kappa shape index (κ2) is 5.97. The normalized spacial score (nSPS) is 12.6. The molecular weight excluding hydrogens is 241 g/mol. The maximum absolute atomic E-state index is 14.1. The fourth-order valence-corrected chi connectivity index (χ4v) is 2.32. The van der Waals surface area contributed by atoms with E-state index in [-0.39, 0.29) is 11.9 Å². The first kappa shape index (κ1) is 13.7. The molecule has 3 nitrogen and oxygen atoms in total. The zero-order valence-corrected chi connectivity index (χ0v) is 11.7. The van der Waals surface area contributed by atoms with E-state index in [4.69, 9.17) is 0 Å². The molecule has 0 fully saturated rings. The summed E-state index contributed by atoms with van der Waals surface area (Å²) in [6.07, 6.45) is 2.77. The van der Waals surface area contributed by atoms with E-state index in [2.05, 4.69) is 17.3 Å². The highest BCUT2D eigenvalue weighted by Crippen LogP contribution is 2.24. The third kappa shape index (κ3) is 2.84. The molecule has 1 atom stereocenters. The third-order valence-electron chi connectivity index (χ3n) is 3.24. The zero-order valence-electron chi connectivity index (χ0n) is 11.7. The molecule has 19 heavy (non-hydrogen) atoms. The lowest BCUT2D eigenvalue weighted by atomic mass is 10.0. The fourth-order valence-electron chi connectivity index (χ4n) is 2.32. The zero-order chi connectivity index (χ0) is 13.8. The summed E-state index contributed by atoms with van der Waals surface area (Å²) in [5.74, 6) is -0.177. The van der Waals surface area contributed by atoms with Gasteiger partial charge in [-0.25, -0.2) is 4.39 Å². The fraction of sp³-hybridized carbons (Fsp3) is 0.400. The predicted octanol–water partition coefficient (Wildman–Crippen LogP) is 3.05. The maximum Gasteiger partial charge on any atom is 0.128 e. The van der Waals surface area contributed by atoms with Crippen LogP contribution in [0.4, 0.5) is 4.39 Å².